The number of hydrogen-bond acceptors (Lipinski definition) is 3. The highest BCUT2D eigenvalue weighted by Crippen LogP contribution is 2.15. The van der Waals surface area contributed by atoms with Crippen molar-refractivity contribution in [3.8, 4) is 5.88 Å². The van der Waals surface area contributed by atoms with Gasteiger partial charge in [-0.25, -0.2) is 0 Å². The lowest BCUT2D eigenvalue weighted by atomic mass is 10.2. The predicted octanol–water partition coefficient (Wildman–Crippen LogP) is 2.01. The standard InChI is InChI=1S/C13H14ClN3O2/c1-17-8-11(13(16-17)19-2)12(18)15-7-9-3-5-10(14)6-4-9/h3-6,8H,7H2,1-2H3,(H,15,18). The van der Waals surface area contributed by atoms with Crippen molar-refractivity contribution in [1.29, 1.82) is 0 Å². The number of benzene rings is 1. The zero-order valence-electron chi connectivity index (χ0n) is 10.7. The van der Waals surface area contributed by atoms with Crippen molar-refractivity contribution < 1.29 is 9.53 Å². The highest BCUT2D eigenvalue weighted by atomic mass is 35.5. The minimum atomic E-state index is -0.222. The molecule has 0 fully saturated rings. The zero-order valence-corrected chi connectivity index (χ0v) is 11.4. The molecule has 5 nitrogen and oxygen atoms in total. The summed E-state index contributed by atoms with van der Waals surface area (Å²) >= 11 is 5.80. The molecule has 6 heteroatoms. The molecule has 0 spiro atoms. The Morgan fingerprint density at radius 3 is 2.74 bits per heavy atom. The van der Waals surface area contributed by atoms with Gasteiger partial charge >= 0.3 is 0 Å². The molecular weight excluding hydrogens is 266 g/mol. The summed E-state index contributed by atoms with van der Waals surface area (Å²) in [7, 11) is 3.22. The first-order chi connectivity index (χ1) is 9.10. The van der Waals surface area contributed by atoms with Crippen LogP contribution in [0.25, 0.3) is 0 Å². The summed E-state index contributed by atoms with van der Waals surface area (Å²) in [5.41, 5.74) is 1.39. The van der Waals surface area contributed by atoms with Crippen LogP contribution in [0.15, 0.2) is 30.5 Å². The third kappa shape index (κ3) is 3.26. The molecule has 0 atom stereocenters. The molecular formula is C13H14ClN3O2. The van der Waals surface area contributed by atoms with Crippen LogP contribution in [0.3, 0.4) is 0 Å². The van der Waals surface area contributed by atoms with Crippen molar-refractivity contribution in [2.24, 2.45) is 7.05 Å². The molecule has 0 radical (unpaired) electrons. The van der Waals surface area contributed by atoms with Crippen LogP contribution in [-0.4, -0.2) is 22.8 Å². The van der Waals surface area contributed by atoms with Gasteiger partial charge in [0.15, 0.2) is 0 Å². The maximum absolute atomic E-state index is 12.0. The largest absolute Gasteiger partial charge is 0.479 e. The van der Waals surface area contributed by atoms with Gasteiger partial charge < -0.3 is 10.1 Å². The lowest BCUT2D eigenvalue weighted by molar-refractivity contribution is 0.0948. The van der Waals surface area contributed by atoms with Crippen molar-refractivity contribution in [3.05, 3.63) is 46.6 Å². The Balaban J connectivity index is 2.03. The van der Waals surface area contributed by atoms with Crippen molar-refractivity contribution in [1.82, 2.24) is 15.1 Å². The van der Waals surface area contributed by atoms with Crippen molar-refractivity contribution in [2.75, 3.05) is 7.11 Å². The van der Waals surface area contributed by atoms with Gasteiger partial charge in [-0.2, -0.15) is 0 Å². The Labute approximate surface area is 116 Å². The number of rotatable bonds is 4. The highest BCUT2D eigenvalue weighted by Gasteiger charge is 2.15. The van der Waals surface area contributed by atoms with Crippen LogP contribution in [-0.2, 0) is 13.6 Å². The molecule has 1 amide bonds. The van der Waals surface area contributed by atoms with E-state index in [9.17, 15) is 4.79 Å². The second-order valence-electron chi connectivity index (χ2n) is 4.03. The van der Waals surface area contributed by atoms with Crippen LogP contribution in [0.4, 0.5) is 0 Å². The summed E-state index contributed by atoms with van der Waals surface area (Å²) in [6, 6.07) is 7.30. The second kappa shape index (κ2) is 5.75. The molecule has 100 valence electrons. The lowest BCUT2D eigenvalue weighted by Crippen LogP contribution is -2.22. The van der Waals surface area contributed by atoms with E-state index in [1.165, 1.54) is 11.8 Å². The van der Waals surface area contributed by atoms with Crippen LogP contribution in [0.1, 0.15) is 15.9 Å². The number of aromatic nitrogens is 2. The topological polar surface area (TPSA) is 56.2 Å². The molecule has 0 saturated heterocycles. The molecule has 0 bridgehead atoms. The fourth-order valence-electron chi connectivity index (χ4n) is 1.65. The molecule has 1 aromatic carbocycles. The molecule has 0 unspecified atom stereocenters. The smallest absolute Gasteiger partial charge is 0.258 e. The molecule has 2 aromatic rings. The molecule has 19 heavy (non-hydrogen) atoms. The number of carbonyl (C=O) groups is 1. The number of nitrogens with one attached hydrogen (secondary N) is 1. The molecule has 0 aliphatic heterocycles. The molecule has 2 rings (SSSR count). The van der Waals surface area contributed by atoms with Crippen LogP contribution in [0, 0.1) is 0 Å². The van der Waals surface area contributed by atoms with Crippen molar-refractivity contribution >= 4 is 17.5 Å². The van der Waals surface area contributed by atoms with Gasteiger partial charge in [-0.05, 0) is 17.7 Å². The van der Waals surface area contributed by atoms with E-state index in [0.717, 1.165) is 5.56 Å². The van der Waals surface area contributed by atoms with Gasteiger partial charge in [0.25, 0.3) is 5.91 Å². The quantitative estimate of drug-likeness (QED) is 0.931. The van der Waals surface area contributed by atoms with Gasteiger partial charge in [0.1, 0.15) is 5.56 Å². The van der Waals surface area contributed by atoms with E-state index in [0.29, 0.717) is 23.0 Å². The Morgan fingerprint density at radius 1 is 1.42 bits per heavy atom. The van der Waals surface area contributed by atoms with Gasteiger partial charge in [-0.3, -0.25) is 9.48 Å². The van der Waals surface area contributed by atoms with Crippen LogP contribution in [0.5, 0.6) is 5.88 Å². The second-order valence-corrected chi connectivity index (χ2v) is 4.47. The molecule has 1 heterocycles. The van der Waals surface area contributed by atoms with Crippen LogP contribution in [0.2, 0.25) is 5.02 Å². The maximum atomic E-state index is 12.0. The monoisotopic (exact) mass is 279 g/mol. The average molecular weight is 280 g/mol. The summed E-state index contributed by atoms with van der Waals surface area (Å²) in [6.45, 7) is 0.425. The molecule has 0 aliphatic carbocycles. The minimum Gasteiger partial charge on any atom is -0.479 e. The number of methoxy groups -OCH3 is 1. The Kier molecular flexibility index (Phi) is 4.06. The van der Waals surface area contributed by atoms with E-state index in [4.69, 9.17) is 16.3 Å². The van der Waals surface area contributed by atoms with Crippen molar-refractivity contribution in [3.63, 3.8) is 0 Å². The SMILES string of the molecule is COc1nn(C)cc1C(=O)NCc1ccc(Cl)cc1. The fraction of sp³-hybridized carbons (Fsp3) is 0.231. The summed E-state index contributed by atoms with van der Waals surface area (Å²) in [6.07, 6.45) is 1.62. The normalized spacial score (nSPS) is 10.3. The first-order valence-corrected chi connectivity index (χ1v) is 6.08. The Hall–Kier alpha value is -2.01. The highest BCUT2D eigenvalue weighted by molar-refractivity contribution is 6.30. The molecule has 1 aromatic heterocycles. The third-order valence-corrected chi connectivity index (χ3v) is 2.85. The first kappa shape index (κ1) is 13.4. The van der Waals surface area contributed by atoms with Crippen LogP contribution < -0.4 is 10.1 Å². The van der Waals surface area contributed by atoms with E-state index in [1.807, 2.05) is 12.1 Å². The van der Waals surface area contributed by atoms with E-state index in [2.05, 4.69) is 10.4 Å². The number of amides is 1. The molecule has 0 saturated carbocycles. The number of halogens is 1. The molecule has 0 aliphatic rings. The molecule has 1 N–H and O–H groups in total. The summed E-state index contributed by atoms with van der Waals surface area (Å²) in [4.78, 5) is 12.0. The predicted molar refractivity (Wildman–Crippen MR) is 72.4 cm³/mol. The van der Waals surface area contributed by atoms with E-state index in [-0.39, 0.29) is 5.91 Å². The number of aryl methyl sites for hydroxylation is 1. The maximum Gasteiger partial charge on any atom is 0.258 e. The summed E-state index contributed by atoms with van der Waals surface area (Å²) in [5, 5.41) is 7.51. The zero-order chi connectivity index (χ0) is 13.8. The Morgan fingerprint density at radius 2 is 2.11 bits per heavy atom. The lowest BCUT2D eigenvalue weighted by Gasteiger charge is -2.05. The first-order valence-electron chi connectivity index (χ1n) is 5.70. The van der Waals surface area contributed by atoms with Crippen LogP contribution >= 0.6 is 11.6 Å². The summed E-state index contributed by atoms with van der Waals surface area (Å²) in [5.74, 6) is 0.0935. The minimum absolute atomic E-state index is 0.222. The van der Waals surface area contributed by atoms with Gasteiger partial charge in [-0.15, -0.1) is 5.10 Å². The third-order valence-electron chi connectivity index (χ3n) is 2.60. The van der Waals surface area contributed by atoms with E-state index >= 15 is 0 Å². The Bertz CT molecular complexity index is 578. The number of nitrogens with zero attached hydrogens (tertiary/aromatic N) is 2. The average Bonchev–Trinajstić information content (AvgIpc) is 2.79. The van der Waals surface area contributed by atoms with Gasteiger partial charge in [-0.1, -0.05) is 23.7 Å². The fourth-order valence-corrected chi connectivity index (χ4v) is 1.78. The van der Waals surface area contributed by atoms with Gasteiger partial charge in [0.2, 0.25) is 5.88 Å². The number of hydrogen-bond donors (Lipinski definition) is 1. The van der Waals surface area contributed by atoms with Crippen molar-refractivity contribution in [2.45, 2.75) is 6.54 Å². The number of ether oxygens (including phenoxy) is 1. The van der Waals surface area contributed by atoms with Gasteiger partial charge in [0.05, 0.1) is 7.11 Å². The van der Waals surface area contributed by atoms with Gasteiger partial charge in [0, 0.05) is 24.8 Å². The van der Waals surface area contributed by atoms with E-state index < -0.39 is 0 Å². The van der Waals surface area contributed by atoms with E-state index in [1.54, 1.807) is 25.4 Å². The number of carbonyl (C=O) groups excluding carboxylic acids is 1. The summed E-state index contributed by atoms with van der Waals surface area (Å²) < 4.78 is 6.58.